The van der Waals surface area contributed by atoms with Crippen LogP contribution >= 0.6 is 43.2 Å². The Kier molecular flexibility index (Phi) is 5.50. The van der Waals surface area contributed by atoms with E-state index in [1.165, 1.54) is 4.88 Å². The van der Waals surface area contributed by atoms with Crippen LogP contribution in [0.3, 0.4) is 0 Å². The lowest BCUT2D eigenvalue weighted by Crippen LogP contribution is -2.18. The molecule has 102 valence electrons. The van der Waals surface area contributed by atoms with Gasteiger partial charge in [-0.2, -0.15) is 0 Å². The summed E-state index contributed by atoms with van der Waals surface area (Å²) in [6, 6.07) is 2.25. The Balaban J connectivity index is 1.98. The minimum atomic E-state index is 0.239. The van der Waals surface area contributed by atoms with Crippen LogP contribution in [0.5, 0.6) is 0 Å². The van der Waals surface area contributed by atoms with Crippen molar-refractivity contribution in [3.8, 4) is 0 Å². The van der Waals surface area contributed by atoms with Crippen LogP contribution in [0.15, 0.2) is 27.4 Å². The molecule has 1 atom stereocenters. The molecular weight excluding hydrogens is 390 g/mol. The van der Waals surface area contributed by atoms with Gasteiger partial charge in [0.2, 0.25) is 0 Å². The van der Waals surface area contributed by atoms with Crippen molar-refractivity contribution in [3.63, 3.8) is 0 Å². The van der Waals surface area contributed by atoms with Crippen molar-refractivity contribution in [1.29, 1.82) is 0 Å². The van der Waals surface area contributed by atoms with Crippen molar-refractivity contribution in [1.82, 2.24) is 15.3 Å². The number of nitrogens with one attached hydrogen (secondary N) is 1. The van der Waals surface area contributed by atoms with Crippen molar-refractivity contribution in [2.24, 2.45) is 0 Å². The van der Waals surface area contributed by atoms with E-state index in [1.807, 2.05) is 18.5 Å². The monoisotopic (exact) mass is 403 g/mol. The zero-order valence-electron chi connectivity index (χ0n) is 10.8. The smallest absolute Gasteiger partial charge is 0.109 e. The van der Waals surface area contributed by atoms with Gasteiger partial charge >= 0.3 is 0 Å². The SMILES string of the molecule is CCc1cnc(C(C)NCc2ncc(Br)cc2Br)s1. The van der Waals surface area contributed by atoms with Crippen LogP contribution in [-0.4, -0.2) is 9.97 Å². The normalized spacial score (nSPS) is 12.6. The minimum Gasteiger partial charge on any atom is -0.302 e. The highest BCUT2D eigenvalue weighted by Crippen LogP contribution is 2.22. The second-order valence-electron chi connectivity index (χ2n) is 4.20. The van der Waals surface area contributed by atoms with Gasteiger partial charge in [-0.25, -0.2) is 4.98 Å². The molecule has 2 heterocycles. The third-order valence-electron chi connectivity index (χ3n) is 2.75. The van der Waals surface area contributed by atoms with Crippen LogP contribution in [-0.2, 0) is 13.0 Å². The van der Waals surface area contributed by atoms with E-state index in [4.69, 9.17) is 0 Å². The predicted octanol–water partition coefficient (Wildman–Crippen LogP) is 4.48. The first-order valence-electron chi connectivity index (χ1n) is 6.08. The number of aryl methyl sites for hydroxylation is 1. The molecule has 1 unspecified atom stereocenters. The van der Waals surface area contributed by atoms with Crippen LogP contribution in [0, 0.1) is 0 Å². The van der Waals surface area contributed by atoms with Gasteiger partial charge in [0, 0.05) is 32.8 Å². The van der Waals surface area contributed by atoms with E-state index in [0.29, 0.717) is 0 Å². The van der Waals surface area contributed by atoms with Gasteiger partial charge in [-0.05, 0) is 51.3 Å². The van der Waals surface area contributed by atoms with Crippen LogP contribution < -0.4 is 5.32 Å². The molecule has 6 heteroatoms. The summed E-state index contributed by atoms with van der Waals surface area (Å²) in [5.74, 6) is 0. The highest BCUT2D eigenvalue weighted by Gasteiger charge is 2.11. The summed E-state index contributed by atoms with van der Waals surface area (Å²) in [5.41, 5.74) is 1.00. The first-order chi connectivity index (χ1) is 9.10. The number of rotatable bonds is 5. The van der Waals surface area contributed by atoms with E-state index in [9.17, 15) is 0 Å². The molecule has 0 saturated carbocycles. The van der Waals surface area contributed by atoms with Crippen molar-refractivity contribution in [2.45, 2.75) is 32.9 Å². The maximum absolute atomic E-state index is 4.45. The predicted molar refractivity (Wildman–Crippen MR) is 86.4 cm³/mol. The Morgan fingerprint density at radius 1 is 1.32 bits per heavy atom. The van der Waals surface area contributed by atoms with Gasteiger partial charge in [-0.15, -0.1) is 11.3 Å². The lowest BCUT2D eigenvalue weighted by Gasteiger charge is -2.11. The third-order valence-corrected chi connectivity index (χ3v) is 5.19. The molecule has 19 heavy (non-hydrogen) atoms. The van der Waals surface area contributed by atoms with Gasteiger partial charge in [0.05, 0.1) is 11.7 Å². The van der Waals surface area contributed by atoms with E-state index in [-0.39, 0.29) is 6.04 Å². The minimum absolute atomic E-state index is 0.239. The van der Waals surface area contributed by atoms with Gasteiger partial charge in [0.1, 0.15) is 5.01 Å². The molecule has 0 bridgehead atoms. The average molecular weight is 405 g/mol. The fourth-order valence-electron chi connectivity index (χ4n) is 1.60. The average Bonchev–Trinajstić information content (AvgIpc) is 2.86. The van der Waals surface area contributed by atoms with Crippen LogP contribution in [0.4, 0.5) is 0 Å². The molecule has 0 fully saturated rings. The number of thiazole rings is 1. The molecule has 0 aliphatic heterocycles. The largest absolute Gasteiger partial charge is 0.302 e. The van der Waals surface area contributed by atoms with Crippen molar-refractivity contribution in [2.75, 3.05) is 0 Å². The Bertz CT molecular complexity index is 557. The van der Waals surface area contributed by atoms with E-state index in [0.717, 1.165) is 32.6 Å². The Labute approximate surface area is 134 Å². The van der Waals surface area contributed by atoms with E-state index in [1.54, 1.807) is 11.3 Å². The summed E-state index contributed by atoms with van der Waals surface area (Å²) in [7, 11) is 0. The lowest BCUT2D eigenvalue weighted by atomic mass is 10.3. The summed E-state index contributed by atoms with van der Waals surface area (Å²) in [6.45, 7) is 5.00. The molecule has 2 aromatic heterocycles. The Morgan fingerprint density at radius 3 is 2.74 bits per heavy atom. The molecule has 3 nitrogen and oxygen atoms in total. The molecule has 1 N–H and O–H groups in total. The molecule has 0 radical (unpaired) electrons. The number of hydrogen-bond donors (Lipinski definition) is 1. The molecule has 0 saturated heterocycles. The fourth-order valence-corrected chi connectivity index (χ4v) is 3.61. The second-order valence-corrected chi connectivity index (χ2v) is 7.12. The lowest BCUT2D eigenvalue weighted by molar-refractivity contribution is 0.564. The Morgan fingerprint density at radius 2 is 2.11 bits per heavy atom. The number of aromatic nitrogens is 2. The molecule has 2 rings (SSSR count). The third kappa shape index (κ3) is 4.08. The van der Waals surface area contributed by atoms with Crippen LogP contribution in [0.2, 0.25) is 0 Å². The van der Waals surface area contributed by atoms with Crippen molar-refractivity contribution >= 4 is 43.2 Å². The molecule has 0 aliphatic rings. The highest BCUT2D eigenvalue weighted by molar-refractivity contribution is 9.11. The molecule has 0 amide bonds. The zero-order chi connectivity index (χ0) is 13.8. The fraction of sp³-hybridized carbons (Fsp3) is 0.385. The number of nitrogens with zero attached hydrogens (tertiary/aromatic N) is 2. The Hall–Kier alpha value is -0.300. The van der Waals surface area contributed by atoms with Crippen LogP contribution in [0.25, 0.3) is 0 Å². The van der Waals surface area contributed by atoms with Crippen molar-refractivity contribution < 1.29 is 0 Å². The molecule has 0 spiro atoms. The standard InChI is InChI=1S/C13H15Br2N3S/c1-3-10-6-18-13(19-10)8(2)16-7-12-11(15)4-9(14)5-17-12/h4-6,8,16H,3,7H2,1-2H3. The number of hydrogen-bond acceptors (Lipinski definition) is 4. The van der Waals surface area contributed by atoms with E-state index in [2.05, 4.69) is 61.0 Å². The van der Waals surface area contributed by atoms with Gasteiger partial charge in [0.25, 0.3) is 0 Å². The first-order valence-corrected chi connectivity index (χ1v) is 8.48. The zero-order valence-corrected chi connectivity index (χ0v) is 14.8. The second kappa shape index (κ2) is 6.92. The van der Waals surface area contributed by atoms with Gasteiger partial charge in [-0.1, -0.05) is 6.92 Å². The molecule has 0 aliphatic carbocycles. The maximum atomic E-state index is 4.45. The molecule has 0 aromatic carbocycles. The van der Waals surface area contributed by atoms with Crippen molar-refractivity contribution in [3.05, 3.63) is 43.0 Å². The summed E-state index contributed by atoms with van der Waals surface area (Å²) in [4.78, 5) is 10.2. The van der Waals surface area contributed by atoms with Crippen LogP contribution in [0.1, 0.15) is 35.5 Å². The summed E-state index contributed by atoms with van der Waals surface area (Å²) >= 11 is 8.70. The van der Waals surface area contributed by atoms with E-state index < -0.39 is 0 Å². The highest BCUT2D eigenvalue weighted by atomic mass is 79.9. The van der Waals surface area contributed by atoms with Gasteiger partial charge in [-0.3, -0.25) is 4.98 Å². The quantitative estimate of drug-likeness (QED) is 0.798. The van der Waals surface area contributed by atoms with Gasteiger partial charge in [0.15, 0.2) is 0 Å². The van der Waals surface area contributed by atoms with E-state index >= 15 is 0 Å². The number of halogens is 2. The first kappa shape index (κ1) is 15.1. The summed E-state index contributed by atoms with van der Waals surface area (Å²) in [6.07, 6.45) is 4.82. The molecular formula is C13H15Br2N3S. The summed E-state index contributed by atoms with van der Waals surface area (Å²) in [5, 5.41) is 4.58. The molecule has 2 aromatic rings. The topological polar surface area (TPSA) is 37.8 Å². The maximum Gasteiger partial charge on any atom is 0.109 e. The van der Waals surface area contributed by atoms with Gasteiger partial charge < -0.3 is 5.32 Å². The summed E-state index contributed by atoms with van der Waals surface area (Å²) < 4.78 is 1.98. The number of pyridine rings is 1.